The maximum atomic E-state index is 14.9. The van der Waals surface area contributed by atoms with Crippen molar-refractivity contribution < 1.29 is 26.3 Å². The molecule has 0 bridgehead atoms. The van der Waals surface area contributed by atoms with Crippen LogP contribution in [0.5, 0.6) is 0 Å². The van der Waals surface area contributed by atoms with Crippen LogP contribution in [-0.2, 0) is 0 Å². The average molecular weight is 483 g/mol. The molecule has 0 radical (unpaired) electrons. The molecule has 0 unspecified atom stereocenters. The number of alkyl halides is 3. The second-order valence-electron chi connectivity index (χ2n) is 9.39. The predicted octanol–water partition coefficient (Wildman–Crippen LogP) is 9.98. The van der Waals surface area contributed by atoms with E-state index in [0.29, 0.717) is 6.08 Å². The van der Waals surface area contributed by atoms with E-state index in [1.165, 1.54) is 50.7 Å². The number of rotatable bonds is 9. The molecule has 0 N–H and O–H groups in total. The third-order valence-electron chi connectivity index (χ3n) is 6.86. The third kappa shape index (κ3) is 7.38. The van der Waals surface area contributed by atoms with Crippen molar-refractivity contribution in [2.45, 2.75) is 83.2 Å². The highest BCUT2D eigenvalue weighted by Gasteiger charge is 2.24. The van der Waals surface area contributed by atoms with Crippen molar-refractivity contribution in [3.05, 3.63) is 65.0 Å². The van der Waals surface area contributed by atoms with E-state index in [9.17, 15) is 26.3 Å². The van der Waals surface area contributed by atoms with Gasteiger partial charge >= 0.3 is 6.18 Å². The standard InChI is InChI=1S/C28H32F6/c1-2-3-4-5-6-7-19-8-10-20(11-9-19)21-12-13-23(25(29)16-21)22-17-26(30)24(27(31)18-22)14-15-28(32,33)34/h12-20H,2-11H2,1H3/b15-14+. The zero-order chi connectivity index (χ0) is 24.7. The van der Waals surface area contributed by atoms with Crippen LogP contribution in [0.25, 0.3) is 17.2 Å². The molecule has 0 aliphatic heterocycles. The molecule has 1 aliphatic rings. The van der Waals surface area contributed by atoms with Crippen molar-refractivity contribution in [1.29, 1.82) is 0 Å². The van der Waals surface area contributed by atoms with Crippen LogP contribution in [0.4, 0.5) is 26.3 Å². The molecule has 0 aromatic heterocycles. The first-order valence-electron chi connectivity index (χ1n) is 12.2. The van der Waals surface area contributed by atoms with Crippen molar-refractivity contribution in [3.63, 3.8) is 0 Å². The molecule has 0 heterocycles. The van der Waals surface area contributed by atoms with E-state index in [4.69, 9.17) is 0 Å². The minimum absolute atomic E-state index is 0.0219. The minimum atomic E-state index is -4.69. The normalized spacial score (nSPS) is 19.1. The Balaban J connectivity index is 1.64. The second-order valence-corrected chi connectivity index (χ2v) is 9.39. The van der Waals surface area contributed by atoms with Gasteiger partial charge in [-0.25, -0.2) is 13.2 Å². The van der Waals surface area contributed by atoms with Gasteiger partial charge in [0.15, 0.2) is 0 Å². The number of halogens is 6. The van der Waals surface area contributed by atoms with E-state index in [2.05, 4.69) is 6.92 Å². The lowest BCUT2D eigenvalue weighted by molar-refractivity contribution is -0.0790. The van der Waals surface area contributed by atoms with Crippen molar-refractivity contribution >= 4 is 6.08 Å². The quantitative estimate of drug-likeness (QED) is 0.246. The number of allylic oxidation sites excluding steroid dienone is 1. The number of hydrogen-bond acceptors (Lipinski definition) is 0. The Kier molecular flexibility index (Phi) is 9.26. The topological polar surface area (TPSA) is 0 Å². The summed E-state index contributed by atoms with van der Waals surface area (Å²) in [5, 5.41) is 0. The number of benzene rings is 2. The van der Waals surface area contributed by atoms with E-state index in [1.54, 1.807) is 6.07 Å². The van der Waals surface area contributed by atoms with Crippen LogP contribution in [0.2, 0.25) is 0 Å². The summed E-state index contributed by atoms with van der Waals surface area (Å²) < 4.78 is 80.4. The highest BCUT2D eigenvalue weighted by atomic mass is 19.4. The van der Waals surface area contributed by atoms with Gasteiger partial charge in [0.2, 0.25) is 0 Å². The fourth-order valence-corrected chi connectivity index (χ4v) is 4.92. The summed E-state index contributed by atoms with van der Waals surface area (Å²) in [6, 6.07) is 6.45. The number of unbranched alkanes of at least 4 members (excludes halogenated alkanes) is 4. The maximum Gasteiger partial charge on any atom is 0.409 e. The van der Waals surface area contributed by atoms with Crippen LogP contribution in [0.3, 0.4) is 0 Å². The van der Waals surface area contributed by atoms with Gasteiger partial charge < -0.3 is 0 Å². The van der Waals surface area contributed by atoms with Gasteiger partial charge in [-0.15, -0.1) is 0 Å². The first kappa shape index (κ1) is 26.4. The van der Waals surface area contributed by atoms with Crippen LogP contribution >= 0.6 is 0 Å². The summed E-state index contributed by atoms with van der Waals surface area (Å²) in [5.74, 6) is -1.94. The van der Waals surface area contributed by atoms with Crippen molar-refractivity contribution in [1.82, 2.24) is 0 Å². The summed E-state index contributed by atoms with van der Waals surface area (Å²) >= 11 is 0. The molecule has 3 rings (SSSR count). The second kappa shape index (κ2) is 11.9. The molecular weight excluding hydrogens is 450 g/mol. The van der Waals surface area contributed by atoms with Crippen molar-refractivity contribution in [2.24, 2.45) is 5.92 Å². The van der Waals surface area contributed by atoms with Crippen LogP contribution in [0, 0.1) is 23.4 Å². The van der Waals surface area contributed by atoms with Crippen LogP contribution < -0.4 is 0 Å². The zero-order valence-corrected chi connectivity index (χ0v) is 19.5. The number of hydrogen-bond donors (Lipinski definition) is 0. The lowest BCUT2D eigenvalue weighted by Gasteiger charge is -2.29. The van der Waals surface area contributed by atoms with Crippen LogP contribution in [0.1, 0.15) is 88.2 Å². The zero-order valence-electron chi connectivity index (χ0n) is 19.5. The minimum Gasteiger partial charge on any atom is -0.206 e. The molecule has 34 heavy (non-hydrogen) atoms. The monoisotopic (exact) mass is 482 g/mol. The van der Waals surface area contributed by atoms with Crippen molar-refractivity contribution in [3.8, 4) is 11.1 Å². The summed E-state index contributed by atoms with van der Waals surface area (Å²) in [5.41, 5.74) is 0.0530. The molecule has 186 valence electrons. The molecule has 0 nitrogen and oxygen atoms in total. The van der Waals surface area contributed by atoms with Gasteiger partial charge in [0.05, 0.1) is 0 Å². The SMILES string of the molecule is CCCCCCCC1CCC(c2ccc(-c3cc(F)c(/C=C/C(F)(F)F)c(F)c3)c(F)c2)CC1. The Hall–Kier alpha value is -2.24. The molecular formula is C28H32F6. The fourth-order valence-electron chi connectivity index (χ4n) is 4.92. The summed E-state index contributed by atoms with van der Waals surface area (Å²) in [4.78, 5) is 0. The molecule has 0 amide bonds. The van der Waals surface area contributed by atoms with Gasteiger partial charge in [-0.3, -0.25) is 0 Å². The Morgan fingerprint density at radius 3 is 2.06 bits per heavy atom. The van der Waals surface area contributed by atoms with Crippen LogP contribution in [0.15, 0.2) is 36.4 Å². The van der Waals surface area contributed by atoms with E-state index in [-0.39, 0.29) is 23.1 Å². The van der Waals surface area contributed by atoms with Gasteiger partial charge in [0.25, 0.3) is 0 Å². The first-order chi connectivity index (χ1) is 16.2. The van der Waals surface area contributed by atoms with E-state index in [1.807, 2.05) is 0 Å². The predicted molar refractivity (Wildman–Crippen MR) is 125 cm³/mol. The Morgan fingerprint density at radius 1 is 0.824 bits per heavy atom. The van der Waals surface area contributed by atoms with Crippen molar-refractivity contribution in [2.75, 3.05) is 0 Å². The van der Waals surface area contributed by atoms with Gasteiger partial charge in [-0.05, 0) is 72.9 Å². The fraction of sp³-hybridized carbons (Fsp3) is 0.500. The summed E-state index contributed by atoms with van der Waals surface area (Å²) in [7, 11) is 0. The van der Waals surface area contributed by atoms with E-state index in [0.717, 1.165) is 49.3 Å². The van der Waals surface area contributed by atoms with E-state index < -0.39 is 29.2 Å². The summed E-state index contributed by atoms with van der Waals surface area (Å²) in [6.45, 7) is 2.21. The van der Waals surface area contributed by atoms with Gasteiger partial charge in [0.1, 0.15) is 17.5 Å². The molecule has 1 aliphatic carbocycles. The molecule has 0 spiro atoms. The largest absolute Gasteiger partial charge is 0.409 e. The molecule has 2 aromatic carbocycles. The lowest BCUT2D eigenvalue weighted by Crippen LogP contribution is -2.13. The third-order valence-corrected chi connectivity index (χ3v) is 6.86. The first-order valence-corrected chi connectivity index (χ1v) is 12.2. The summed E-state index contributed by atoms with van der Waals surface area (Å²) in [6.07, 6.45) is 7.36. The molecule has 0 saturated heterocycles. The van der Waals surface area contributed by atoms with Gasteiger partial charge in [-0.2, -0.15) is 13.2 Å². The maximum absolute atomic E-state index is 14.9. The Bertz CT molecular complexity index is 944. The average Bonchev–Trinajstić information content (AvgIpc) is 2.78. The molecule has 6 heteroatoms. The molecule has 0 atom stereocenters. The molecule has 1 fully saturated rings. The lowest BCUT2D eigenvalue weighted by atomic mass is 9.77. The smallest absolute Gasteiger partial charge is 0.206 e. The van der Waals surface area contributed by atoms with Gasteiger partial charge in [0, 0.05) is 17.2 Å². The molecule has 1 saturated carbocycles. The van der Waals surface area contributed by atoms with Gasteiger partial charge in [-0.1, -0.05) is 57.6 Å². The van der Waals surface area contributed by atoms with E-state index >= 15 is 0 Å². The Labute approximate surface area is 198 Å². The highest BCUT2D eigenvalue weighted by Crippen LogP contribution is 2.39. The highest BCUT2D eigenvalue weighted by molar-refractivity contribution is 5.67. The Morgan fingerprint density at radius 2 is 1.47 bits per heavy atom. The van der Waals surface area contributed by atoms with Crippen LogP contribution in [-0.4, -0.2) is 6.18 Å². The molecule has 2 aromatic rings.